The first kappa shape index (κ1) is 10.4. The molecule has 1 amide bonds. The molecule has 3 nitrogen and oxygen atoms in total. The summed E-state index contributed by atoms with van der Waals surface area (Å²) in [7, 11) is 0. The van der Waals surface area contributed by atoms with E-state index in [9.17, 15) is 4.79 Å². The van der Waals surface area contributed by atoms with E-state index in [2.05, 4.69) is 12.2 Å². The fraction of sp³-hybridized carbons (Fsp3) is 0.875. The largest absolute Gasteiger partial charge is 0.359 e. The van der Waals surface area contributed by atoms with Gasteiger partial charge in [0.1, 0.15) is 6.23 Å². The van der Waals surface area contributed by atoms with E-state index in [4.69, 9.17) is 4.74 Å². The standard InChI is InChI=1S/C8H17NO2/c1-3-5-8(9-7-10)11-6-4-2/h7-8H,3-6H2,1-2H3,(H,9,10). The highest BCUT2D eigenvalue weighted by molar-refractivity contribution is 5.46. The van der Waals surface area contributed by atoms with Crippen LogP contribution in [0.1, 0.15) is 33.1 Å². The summed E-state index contributed by atoms with van der Waals surface area (Å²) in [5.41, 5.74) is 0. The van der Waals surface area contributed by atoms with E-state index in [0.717, 1.165) is 19.3 Å². The Morgan fingerprint density at radius 3 is 2.64 bits per heavy atom. The van der Waals surface area contributed by atoms with Crippen LogP contribution >= 0.6 is 0 Å². The quantitative estimate of drug-likeness (QED) is 0.449. The van der Waals surface area contributed by atoms with E-state index in [1.165, 1.54) is 0 Å². The molecule has 0 saturated heterocycles. The van der Waals surface area contributed by atoms with Crippen molar-refractivity contribution < 1.29 is 9.53 Å². The summed E-state index contributed by atoms with van der Waals surface area (Å²) in [6.45, 7) is 4.82. The lowest BCUT2D eigenvalue weighted by Gasteiger charge is -2.14. The molecule has 0 saturated carbocycles. The predicted molar refractivity (Wildman–Crippen MR) is 44.1 cm³/mol. The maximum atomic E-state index is 10.1. The second-order valence-electron chi connectivity index (χ2n) is 2.43. The highest BCUT2D eigenvalue weighted by Crippen LogP contribution is 1.98. The first-order valence-corrected chi connectivity index (χ1v) is 4.16. The molecule has 0 spiro atoms. The second-order valence-corrected chi connectivity index (χ2v) is 2.43. The Hall–Kier alpha value is -0.570. The van der Waals surface area contributed by atoms with Crippen LogP contribution < -0.4 is 5.32 Å². The number of ether oxygens (including phenoxy) is 1. The van der Waals surface area contributed by atoms with Crippen molar-refractivity contribution in [3.63, 3.8) is 0 Å². The van der Waals surface area contributed by atoms with Crippen LogP contribution in [0.4, 0.5) is 0 Å². The zero-order valence-electron chi connectivity index (χ0n) is 7.30. The Balaban J connectivity index is 3.41. The van der Waals surface area contributed by atoms with E-state index in [1.807, 2.05) is 6.92 Å². The molecule has 0 heterocycles. The highest BCUT2D eigenvalue weighted by atomic mass is 16.5. The van der Waals surface area contributed by atoms with E-state index >= 15 is 0 Å². The average molecular weight is 159 g/mol. The van der Waals surface area contributed by atoms with E-state index in [-0.39, 0.29) is 6.23 Å². The number of rotatable bonds is 7. The summed E-state index contributed by atoms with van der Waals surface area (Å²) in [4.78, 5) is 10.1. The van der Waals surface area contributed by atoms with Crippen molar-refractivity contribution in [1.82, 2.24) is 5.32 Å². The van der Waals surface area contributed by atoms with Gasteiger partial charge in [0.15, 0.2) is 0 Å². The Morgan fingerprint density at radius 2 is 2.18 bits per heavy atom. The third kappa shape index (κ3) is 5.85. The highest BCUT2D eigenvalue weighted by Gasteiger charge is 2.03. The molecular formula is C8H17NO2. The lowest BCUT2D eigenvalue weighted by Crippen LogP contribution is -2.30. The third-order valence-electron chi connectivity index (χ3n) is 1.33. The lowest BCUT2D eigenvalue weighted by molar-refractivity contribution is -0.113. The molecule has 3 heteroatoms. The monoisotopic (exact) mass is 159 g/mol. The molecule has 0 rings (SSSR count). The minimum atomic E-state index is -0.0857. The third-order valence-corrected chi connectivity index (χ3v) is 1.33. The molecule has 0 fully saturated rings. The van der Waals surface area contributed by atoms with E-state index in [1.54, 1.807) is 0 Å². The fourth-order valence-electron chi connectivity index (χ4n) is 0.813. The minimum absolute atomic E-state index is 0.0857. The molecule has 11 heavy (non-hydrogen) atoms. The normalized spacial score (nSPS) is 12.5. The molecule has 66 valence electrons. The molecular weight excluding hydrogens is 142 g/mol. The van der Waals surface area contributed by atoms with Crippen molar-refractivity contribution in [2.45, 2.75) is 39.3 Å². The van der Waals surface area contributed by atoms with Crippen molar-refractivity contribution in [2.24, 2.45) is 0 Å². The summed E-state index contributed by atoms with van der Waals surface area (Å²) in [5, 5.41) is 2.62. The topological polar surface area (TPSA) is 38.3 Å². The first-order valence-electron chi connectivity index (χ1n) is 4.16. The first-order chi connectivity index (χ1) is 5.35. The molecule has 0 radical (unpaired) electrons. The van der Waals surface area contributed by atoms with Gasteiger partial charge >= 0.3 is 0 Å². The van der Waals surface area contributed by atoms with Crippen molar-refractivity contribution in [3.05, 3.63) is 0 Å². The molecule has 1 unspecified atom stereocenters. The van der Waals surface area contributed by atoms with E-state index < -0.39 is 0 Å². The van der Waals surface area contributed by atoms with Gasteiger partial charge in [-0.05, 0) is 12.8 Å². The zero-order valence-corrected chi connectivity index (χ0v) is 7.30. The van der Waals surface area contributed by atoms with E-state index in [0.29, 0.717) is 13.0 Å². The number of hydrogen-bond acceptors (Lipinski definition) is 2. The summed E-state index contributed by atoms with van der Waals surface area (Å²) in [5.74, 6) is 0. The van der Waals surface area contributed by atoms with Crippen molar-refractivity contribution >= 4 is 6.41 Å². The van der Waals surface area contributed by atoms with Crippen LogP contribution in [0.3, 0.4) is 0 Å². The predicted octanol–water partition coefficient (Wildman–Crippen LogP) is 1.29. The van der Waals surface area contributed by atoms with Gasteiger partial charge in [0.05, 0.1) is 0 Å². The number of carbonyl (C=O) groups excluding carboxylic acids is 1. The molecule has 0 aliphatic heterocycles. The lowest BCUT2D eigenvalue weighted by atomic mass is 10.3. The summed E-state index contributed by atoms with van der Waals surface area (Å²) in [6.07, 6.45) is 3.50. The number of nitrogens with one attached hydrogen (secondary N) is 1. The Kier molecular flexibility index (Phi) is 7.15. The van der Waals surface area contributed by atoms with Crippen LogP contribution in [-0.4, -0.2) is 19.2 Å². The minimum Gasteiger partial charge on any atom is -0.359 e. The molecule has 0 aromatic carbocycles. The van der Waals surface area contributed by atoms with Gasteiger partial charge in [-0.25, -0.2) is 0 Å². The molecule has 0 aliphatic rings. The maximum Gasteiger partial charge on any atom is 0.209 e. The van der Waals surface area contributed by atoms with Gasteiger partial charge in [0.25, 0.3) is 0 Å². The van der Waals surface area contributed by atoms with Gasteiger partial charge in [-0.15, -0.1) is 0 Å². The molecule has 1 atom stereocenters. The maximum absolute atomic E-state index is 10.1. The molecule has 0 aromatic rings. The number of hydrogen-bond donors (Lipinski definition) is 1. The van der Waals surface area contributed by atoms with Crippen molar-refractivity contribution in [3.8, 4) is 0 Å². The van der Waals surface area contributed by atoms with Gasteiger partial charge in [-0.1, -0.05) is 20.3 Å². The Labute approximate surface area is 68.1 Å². The van der Waals surface area contributed by atoms with Crippen molar-refractivity contribution in [1.29, 1.82) is 0 Å². The summed E-state index contributed by atoms with van der Waals surface area (Å²) < 4.78 is 5.33. The Morgan fingerprint density at radius 1 is 1.45 bits per heavy atom. The summed E-state index contributed by atoms with van der Waals surface area (Å²) >= 11 is 0. The van der Waals surface area contributed by atoms with Crippen LogP contribution in [0, 0.1) is 0 Å². The second kappa shape index (κ2) is 7.54. The number of amides is 1. The average Bonchev–Trinajstić information content (AvgIpc) is 2.01. The van der Waals surface area contributed by atoms with Crippen LogP contribution in [0.5, 0.6) is 0 Å². The SMILES string of the molecule is CCCOC(CCC)NC=O. The van der Waals surface area contributed by atoms with Crippen LogP contribution in [0.25, 0.3) is 0 Å². The van der Waals surface area contributed by atoms with Crippen LogP contribution in [0.2, 0.25) is 0 Å². The fourth-order valence-corrected chi connectivity index (χ4v) is 0.813. The van der Waals surface area contributed by atoms with Crippen LogP contribution in [0.15, 0.2) is 0 Å². The molecule has 1 N–H and O–H groups in total. The van der Waals surface area contributed by atoms with Crippen LogP contribution in [-0.2, 0) is 9.53 Å². The van der Waals surface area contributed by atoms with Gasteiger partial charge < -0.3 is 10.1 Å². The van der Waals surface area contributed by atoms with Gasteiger partial charge in [-0.2, -0.15) is 0 Å². The van der Waals surface area contributed by atoms with Crippen molar-refractivity contribution in [2.75, 3.05) is 6.61 Å². The van der Waals surface area contributed by atoms with Gasteiger partial charge in [-0.3, -0.25) is 4.79 Å². The van der Waals surface area contributed by atoms with Gasteiger partial charge in [0, 0.05) is 6.61 Å². The smallest absolute Gasteiger partial charge is 0.209 e. The zero-order chi connectivity index (χ0) is 8.53. The summed E-state index contributed by atoms with van der Waals surface area (Å²) in [6, 6.07) is 0. The van der Waals surface area contributed by atoms with Gasteiger partial charge in [0.2, 0.25) is 6.41 Å². The molecule has 0 aliphatic carbocycles. The molecule has 0 bridgehead atoms. The number of carbonyl (C=O) groups is 1. The molecule has 0 aromatic heterocycles. The Bertz CT molecular complexity index is 96.1.